The normalized spacial score (nSPS) is 16.7. The number of piperazine rings is 1. The maximum Gasteiger partial charge on any atom is 0.219 e. The monoisotopic (exact) mass is 263 g/mol. The predicted molar refractivity (Wildman–Crippen MR) is 74.1 cm³/mol. The van der Waals surface area contributed by atoms with E-state index in [1.165, 1.54) is 0 Å². The Kier molecular flexibility index (Phi) is 4.04. The molecule has 1 aliphatic rings. The first-order chi connectivity index (χ1) is 8.99. The Morgan fingerprint density at radius 3 is 2.47 bits per heavy atom. The summed E-state index contributed by atoms with van der Waals surface area (Å²) in [6.07, 6.45) is 1.77. The number of hydrogen-bond donors (Lipinski definition) is 1. The van der Waals surface area contributed by atoms with E-state index in [0.29, 0.717) is 0 Å². The first kappa shape index (κ1) is 13.8. The minimum Gasteiger partial charge on any atom is -0.363 e. The first-order valence-electron chi connectivity index (χ1n) is 6.64. The van der Waals surface area contributed by atoms with Crippen LogP contribution in [0.3, 0.4) is 0 Å². The van der Waals surface area contributed by atoms with Crippen LogP contribution in [-0.2, 0) is 11.3 Å². The maximum absolute atomic E-state index is 11.9. The number of amides is 1. The van der Waals surface area contributed by atoms with Gasteiger partial charge in [-0.2, -0.15) is 0 Å². The number of carbonyl (C=O) groups excluding carboxylic acids is 1. The van der Waals surface area contributed by atoms with Crippen LogP contribution in [0.1, 0.15) is 23.7 Å². The number of pyridine rings is 1. The molecule has 0 aliphatic carbocycles. The number of aromatic nitrogens is 1. The quantitative estimate of drug-likeness (QED) is 0.852. The molecular formula is C14H21N3O2. The summed E-state index contributed by atoms with van der Waals surface area (Å²) in [6, 6.07) is 0. The summed E-state index contributed by atoms with van der Waals surface area (Å²) in [5.41, 5.74) is 2.65. The number of nitrogens with one attached hydrogen (secondary N) is 1. The Morgan fingerprint density at radius 2 is 1.89 bits per heavy atom. The summed E-state index contributed by atoms with van der Waals surface area (Å²) in [4.78, 5) is 30.5. The largest absolute Gasteiger partial charge is 0.363 e. The smallest absolute Gasteiger partial charge is 0.219 e. The van der Waals surface area contributed by atoms with Crippen molar-refractivity contribution >= 4 is 5.91 Å². The summed E-state index contributed by atoms with van der Waals surface area (Å²) in [6.45, 7) is 9.29. The van der Waals surface area contributed by atoms with Crippen LogP contribution in [0.15, 0.2) is 11.0 Å². The molecule has 0 aromatic carbocycles. The molecule has 1 saturated heterocycles. The van der Waals surface area contributed by atoms with Gasteiger partial charge in [-0.05, 0) is 13.8 Å². The third kappa shape index (κ3) is 3.04. The van der Waals surface area contributed by atoms with Crippen LogP contribution >= 0.6 is 0 Å². The van der Waals surface area contributed by atoms with Gasteiger partial charge in [0.2, 0.25) is 5.91 Å². The summed E-state index contributed by atoms with van der Waals surface area (Å²) >= 11 is 0. The van der Waals surface area contributed by atoms with Crippen LogP contribution in [0.25, 0.3) is 0 Å². The van der Waals surface area contributed by atoms with Gasteiger partial charge in [0.1, 0.15) is 0 Å². The van der Waals surface area contributed by atoms with E-state index in [4.69, 9.17) is 0 Å². The number of rotatable bonds is 2. The predicted octanol–water partition coefficient (Wildman–Crippen LogP) is 0.656. The van der Waals surface area contributed by atoms with Gasteiger partial charge >= 0.3 is 0 Å². The van der Waals surface area contributed by atoms with E-state index in [9.17, 15) is 9.59 Å². The lowest BCUT2D eigenvalue weighted by Crippen LogP contribution is -2.47. The molecule has 5 nitrogen and oxygen atoms in total. The topological polar surface area (TPSA) is 56.4 Å². The lowest BCUT2D eigenvalue weighted by atomic mass is 10.1. The molecule has 1 fully saturated rings. The average Bonchev–Trinajstić information content (AvgIpc) is 2.40. The molecule has 1 amide bonds. The van der Waals surface area contributed by atoms with E-state index in [1.54, 1.807) is 13.1 Å². The van der Waals surface area contributed by atoms with Crippen molar-refractivity contribution in [2.24, 2.45) is 0 Å². The van der Waals surface area contributed by atoms with E-state index in [0.717, 1.165) is 49.5 Å². The van der Waals surface area contributed by atoms with Crippen LogP contribution in [0.2, 0.25) is 0 Å². The molecule has 2 heterocycles. The fourth-order valence-corrected chi connectivity index (χ4v) is 2.41. The second-order valence-electron chi connectivity index (χ2n) is 5.19. The van der Waals surface area contributed by atoms with E-state index in [1.807, 2.05) is 18.7 Å². The Bertz CT molecular complexity index is 528. The molecule has 1 aromatic rings. The summed E-state index contributed by atoms with van der Waals surface area (Å²) in [5, 5.41) is 0. The van der Waals surface area contributed by atoms with E-state index < -0.39 is 0 Å². The van der Waals surface area contributed by atoms with Crippen molar-refractivity contribution < 1.29 is 4.79 Å². The molecule has 0 bridgehead atoms. The highest BCUT2D eigenvalue weighted by molar-refractivity contribution is 5.73. The zero-order valence-corrected chi connectivity index (χ0v) is 11.8. The zero-order valence-electron chi connectivity index (χ0n) is 11.8. The van der Waals surface area contributed by atoms with Crippen molar-refractivity contribution in [1.29, 1.82) is 0 Å². The molecule has 0 spiro atoms. The Labute approximate surface area is 113 Å². The average molecular weight is 263 g/mol. The van der Waals surface area contributed by atoms with Crippen molar-refractivity contribution in [2.75, 3.05) is 26.2 Å². The van der Waals surface area contributed by atoms with Gasteiger partial charge < -0.3 is 9.88 Å². The van der Waals surface area contributed by atoms with Crippen molar-refractivity contribution in [2.45, 2.75) is 27.3 Å². The van der Waals surface area contributed by atoms with Gasteiger partial charge in [0.05, 0.1) is 0 Å². The number of H-pyrrole nitrogens is 1. The lowest BCUT2D eigenvalue weighted by molar-refractivity contribution is -0.130. The molecule has 19 heavy (non-hydrogen) atoms. The molecule has 1 N–H and O–H groups in total. The highest BCUT2D eigenvalue weighted by Gasteiger charge is 2.19. The molecule has 1 aromatic heterocycles. The van der Waals surface area contributed by atoms with E-state index >= 15 is 0 Å². The zero-order chi connectivity index (χ0) is 14.0. The lowest BCUT2D eigenvalue weighted by Gasteiger charge is -2.34. The highest BCUT2D eigenvalue weighted by atomic mass is 16.2. The summed E-state index contributed by atoms with van der Waals surface area (Å²) in [7, 11) is 0. The van der Waals surface area contributed by atoms with Crippen molar-refractivity contribution in [3.63, 3.8) is 0 Å². The second-order valence-corrected chi connectivity index (χ2v) is 5.19. The Hall–Kier alpha value is -1.62. The molecule has 0 atom stereocenters. The van der Waals surface area contributed by atoms with Gasteiger partial charge in [-0.15, -0.1) is 0 Å². The highest BCUT2D eigenvalue weighted by Crippen LogP contribution is 2.09. The van der Waals surface area contributed by atoms with Gasteiger partial charge in [0, 0.05) is 62.7 Å². The first-order valence-corrected chi connectivity index (χ1v) is 6.64. The number of nitrogens with zero attached hydrogens (tertiary/aromatic N) is 2. The second kappa shape index (κ2) is 5.57. The fourth-order valence-electron chi connectivity index (χ4n) is 2.41. The Balaban J connectivity index is 2.02. The Morgan fingerprint density at radius 1 is 1.26 bits per heavy atom. The minimum absolute atomic E-state index is 0.121. The van der Waals surface area contributed by atoms with Crippen molar-refractivity contribution in [3.05, 3.63) is 33.2 Å². The fraction of sp³-hybridized carbons (Fsp3) is 0.571. The van der Waals surface area contributed by atoms with Crippen molar-refractivity contribution in [1.82, 2.24) is 14.8 Å². The maximum atomic E-state index is 11.9. The summed E-state index contributed by atoms with van der Waals surface area (Å²) in [5.74, 6) is 0.138. The van der Waals surface area contributed by atoms with Crippen LogP contribution in [0.4, 0.5) is 0 Å². The molecule has 1 aliphatic heterocycles. The molecular weight excluding hydrogens is 242 g/mol. The molecule has 0 saturated carbocycles. The van der Waals surface area contributed by atoms with Crippen LogP contribution in [-0.4, -0.2) is 46.9 Å². The van der Waals surface area contributed by atoms with Gasteiger partial charge in [-0.1, -0.05) is 0 Å². The molecule has 2 rings (SSSR count). The number of hydrogen-bond acceptors (Lipinski definition) is 3. The van der Waals surface area contributed by atoms with Crippen molar-refractivity contribution in [3.8, 4) is 0 Å². The van der Waals surface area contributed by atoms with Gasteiger partial charge in [0.15, 0.2) is 5.43 Å². The van der Waals surface area contributed by atoms with Crippen LogP contribution in [0.5, 0.6) is 0 Å². The van der Waals surface area contributed by atoms with E-state index in [2.05, 4.69) is 9.88 Å². The van der Waals surface area contributed by atoms with Crippen LogP contribution < -0.4 is 5.43 Å². The SMILES string of the molecule is CC(=O)N1CCN(Cc2[nH]cc(C)c(=O)c2C)CC1. The summed E-state index contributed by atoms with van der Waals surface area (Å²) < 4.78 is 0. The molecule has 0 unspecified atom stereocenters. The standard InChI is InChI=1S/C14H21N3O2/c1-10-8-15-13(11(2)14(10)19)9-16-4-6-17(7-5-16)12(3)18/h8H,4-7,9H2,1-3H3,(H,15,19). The molecule has 5 heteroatoms. The number of aryl methyl sites for hydroxylation is 1. The number of aromatic amines is 1. The van der Waals surface area contributed by atoms with E-state index in [-0.39, 0.29) is 11.3 Å². The number of carbonyl (C=O) groups is 1. The third-order valence-corrected chi connectivity index (χ3v) is 3.81. The third-order valence-electron chi connectivity index (χ3n) is 3.81. The van der Waals surface area contributed by atoms with Crippen LogP contribution in [0, 0.1) is 13.8 Å². The van der Waals surface area contributed by atoms with Gasteiger partial charge in [0.25, 0.3) is 0 Å². The minimum atomic E-state index is 0.121. The van der Waals surface area contributed by atoms with Gasteiger partial charge in [-0.25, -0.2) is 0 Å². The molecule has 0 radical (unpaired) electrons. The molecule has 104 valence electrons. The van der Waals surface area contributed by atoms with Gasteiger partial charge in [-0.3, -0.25) is 14.5 Å².